The maximum Gasteiger partial charge on any atom is 0.125 e. The molecule has 2 nitrogen and oxygen atoms in total. The largest absolute Gasteiger partial charge is 0.383 e. The fourth-order valence-electron chi connectivity index (χ4n) is 1.92. The molecule has 0 aliphatic rings. The zero-order valence-corrected chi connectivity index (χ0v) is 10.7. The Balaban J connectivity index is 2.09. The quantitative estimate of drug-likeness (QED) is 0.899. The molecule has 0 heterocycles. The third kappa shape index (κ3) is 3.32. The summed E-state index contributed by atoms with van der Waals surface area (Å²) in [4.78, 5) is 0. The van der Waals surface area contributed by atoms with Gasteiger partial charge in [-0.05, 0) is 30.2 Å². The van der Waals surface area contributed by atoms with Crippen LogP contribution in [-0.4, -0.2) is 6.54 Å². The minimum absolute atomic E-state index is 0.246. The van der Waals surface area contributed by atoms with Crippen LogP contribution in [0.1, 0.15) is 17.0 Å². The Morgan fingerprint density at radius 2 is 1.95 bits per heavy atom. The number of anilines is 1. The van der Waals surface area contributed by atoms with Crippen molar-refractivity contribution in [3.05, 3.63) is 65.5 Å². The number of nitrogens with one attached hydrogen (secondary N) is 1. The van der Waals surface area contributed by atoms with Crippen LogP contribution < -0.4 is 5.32 Å². The molecule has 0 saturated carbocycles. The number of hydrogen-bond donors (Lipinski definition) is 1. The molecule has 1 N–H and O–H groups in total. The monoisotopic (exact) mass is 254 g/mol. The van der Waals surface area contributed by atoms with Gasteiger partial charge in [-0.15, -0.1) is 0 Å². The van der Waals surface area contributed by atoms with Crippen molar-refractivity contribution in [2.45, 2.75) is 12.8 Å². The maximum absolute atomic E-state index is 13.2. The van der Waals surface area contributed by atoms with Crippen molar-refractivity contribution < 1.29 is 4.39 Å². The lowest BCUT2D eigenvalue weighted by Gasteiger charge is -2.13. The van der Waals surface area contributed by atoms with Gasteiger partial charge in [0.1, 0.15) is 5.82 Å². The van der Waals surface area contributed by atoms with Crippen LogP contribution in [0, 0.1) is 24.1 Å². The van der Waals surface area contributed by atoms with Crippen molar-refractivity contribution in [2.75, 3.05) is 11.9 Å². The van der Waals surface area contributed by atoms with Crippen molar-refractivity contribution in [3.8, 4) is 6.07 Å². The van der Waals surface area contributed by atoms with Gasteiger partial charge < -0.3 is 5.32 Å². The Morgan fingerprint density at radius 1 is 1.21 bits per heavy atom. The van der Waals surface area contributed by atoms with E-state index in [4.69, 9.17) is 0 Å². The molecule has 1 atom stereocenters. The minimum atomic E-state index is -0.277. The predicted octanol–water partition coefficient (Wildman–Crippen LogP) is 3.85. The molecular weight excluding hydrogens is 239 g/mol. The second-order valence-electron chi connectivity index (χ2n) is 4.43. The highest BCUT2D eigenvalue weighted by Crippen LogP contribution is 2.19. The molecule has 1 unspecified atom stereocenters. The first-order chi connectivity index (χ1) is 9.20. The molecule has 96 valence electrons. The van der Waals surface area contributed by atoms with Gasteiger partial charge in [-0.25, -0.2) is 4.39 Å². The Kier molecular flexibility index (Phi) is 4.15. The van der Waals surface area contributed by atoms with Gasteiger partial charge in [0.15, 0.2) is 0 Å². The molecule has 0 amide bonds. The number of rotatable bonds is 4. The van der Waals surface area contributed by atoms with E-state index >= 15 is 0 Å². The van der Waals surface area contributed by atoms with Gasteiger partial charge in [0.25, 0.3) is 0 Å². The van der Waals surface area contributed by atoms with Crippen LogP contribution in [0.15, 0.2) is 48.5 Å². The Bertz CT molecular complexity index is 587. The number of aryl methyl sites for hydroxylation is 1. The van der Waals surface area contributed by atoms with Gasteiger partial charge in [0, 0.05) is 12.2 Å². The summed E-state index contributed by atoms with van der Waals surface area (Å²) >= 11 is 0. The van der Waals surface area contributed by atoms with Crippen LogP contribution in [0.2, 0.25) is 0 Å². The van der Waals surface area contributed by atoms with E-state index in [1.807, 2.05) is 37.3 Å². The molecule has 0 aromatic heterocycles. The zero-order valence-electron chi connectivity index (χ0n) is 10.7. The fourth-order valence-corrected chi connectivity index (χ4v) is 1.92. The average molecular weight is 254 g/mol. The SMILES string of the molecule is Cc1ccc(F)cc1NCC(C#N)c1ccccc1. The molecule has 19 heavy (non-hydrogen) atoms. The first-order valence-corrected chi connectivity index (χ1v) is 6.15. The number of hydrogen-bond acceptors (Lipinski definition) is 2. The van der Waals surface area contributed by atoms with Crippen LogP contribution in [0.4, 0.5) is 10.1 Å². The third-order valence-electron chi connectivity index (χ3n) is 3.05. The lowest BCUT2D eigenvalue weighted by molar-refractivity contribution is 0.627. The van der Waals surface area contributed by atoms with Crippen molar-refractivity contribution in [1.29, 1.82) is 5.26 Å². The topological polar surface area (TPSA) is 35.8 Å². The minimum Gasteiger partial charge on any atom is -0.383 e. The van der Waals surface area contributed by atoms with Gasteiger partial charge >= 0.3 is 0 Å². The summed E-state index contributed by atoms with van der Waals surface area (Å²) in [5, 5.41) is 12.4. The fraction of sp³-hybridized carbons (Fsp3) is 0.188. The number of nitrogens with zero attached hydrogens (tertiary/aromatic N) is 1. The van der Waals surface area contributed by atoms with Crippen molar-refractivity contribution in [3.63, 3.8) is 0 Å². The molecule has 0 bridgehead atoms. The van der Waals surface area contributed by atoms with E-state index in [0.29, 0.717) is 6.54 Å². The summed E-state index contributed by atoms with van der Waals surface area (Å²) < 4.78 is 13.2. The molecule has 2 aromatic rings. The Labute approximate surface area is 112 Å². The van der Waals surface area contributed by atoms with Crippen LogP contribution >= 0.6 is 0 Å². The van der Waals surface area contributed by atoms with Crippen LogP contribution in [-0.2, 0) is 0 Å². The average Bonchev–Trinajstić information content (AvgIpc) is 2.44. The van der Waals surface area contributed by atoms with E-state index in [0.717, 1.165) is 16.8 Å². The molecule has 0 radical (unpaired) electrons. The second kappa shape index (κ2) is 6.01. The highest BCUT2D eigenvalue weighted by Gasteiger charge is 2.10. The van der Waals surface area contributed by atoms with Crippen molar-refractivity contribution >= 4 is 5.69 Å². The molecular formula is C16H15FN2. The standard InChI is InChI=1S/C16H15FN2/c1-12-7-8-15(17)9-16(12)19-11-14(10-18)13-5-3-2-4-6-13/h2-9,14,19H,11H2,1H3. The molecule has 0 fully saturated rings. The van der Waals surface area contributed by atoms with Gasteiger partial charge in [0.2, 0.25) is 0 Å². The lowest BCUT2D eigenvalue weighted by Crippen LogP contribution is -2.12. The van der Waals surface area contributed by atoms with Crippen molar-refractivity contribution in [2.24, 2.45) is 0 Å². The van der Waals surface area contributed by atoms with Gasteiger partial charge in [-0.3, -0.25) is 0 Å². The molecule has 3 heteroatoms. The highest BCUT2D eigenvalue weighted by molar-refractivity contribution is 5.51. The molecule has 0 saturated heterocycles. The van der Waals surface area contributed by atoms with Crippen molar-refractivity contribution in [1.82, 2.24) is 0 Å². The summed E-state index contributed by atoms with van der Waals surface area (Å²) in [5.74, 6) is -0.523. The Hall–Kier alpha value is -2.34. The molecule has 2 aromatic carbocycles. The van der Waals surface area contributed by atoms with E-state index in [2.05, 4.69) is 11.4 Å². The van der Waals surface area contributed by atoms with Crippen LogP contribution in [0.5, 0.6) is 0 Å². The van der Waals surface area contributed by atoms with E-state index in [-0.39, 0.29) is 11.7 Å². The number of halogens is 1. The molecule has 0 aliphatic heterocycles. The number of nitriles is 1. The molecule has 0 spiro atoms. The summed E-state index contributed by atoms with van der Waals surface area (Å²) in [7, 11) is 0. The smallest absolute Gasteiger partial charge is 0.125 e. The lowest BCUT2D eigenvalue weighted by atomic mass is 10.0. The first-order valence-electron chi connectivity index (χ1n) is 6.15. The highest BCUT2D eigenvalue weighted by atomic mass is 19.1. The summed E-state index contributed by atoms with van der Waals surface area (Å²) in [6.07, 6.45) is 0. The second-order valence-corrected chi connectivity index (χ2v) is 4.43. The molecule has 2 rings (SSSR count). The normalized spacial score (nSPS) is 11.6. The third-order valence-corrected chi connectivity index (χ3v) is 3.05. The number of benzene rings is 2. The molecule has 0 aliphatic carbocycles. The first kappa shape index (κ1) is 13.1. The van der Waals surface area contributed by atoms with Crippen LogP contribution in [0.25, 0.3) is 0 Å². The van der Waals surface area contributed by atoms with E-state index in [1.165, 1.54) is 12.1 Å². The summed E-state index contributed by atoms with van der Waals surface area (Å²) in [6, 6.07) is 16.5. The summed E-state index contributed by atoms with van der Waals surface area (Å²) in [5.41, 5.74) is 2.66. The van der Waals surface area contributed by atoms with E-state index in [1.54, 1.807) is 6.07 Å². The van der Waals surface area contributed by atoms with Crippen LogP contribution in [0.3, 0.4) is 0 Å². The van der Waals surface area contributed by atoms with Gasteiger partial charge in [-0.1, -0.05) is 36.4 Å². The Morgan fingerprint density at radius 3 is 2.63 bits per heavy atom. The maximum atomic E-state index is 13.2. The summed E-state index contributed by atoms with van der Waals surface area (Å²) in [6.45, 7) is 2.37. The van der Waals surface area contributed by atoms with E-state index in [9.17, 15) is 9.65 Å². The van der Waals surface area contributed by atoms with E-state index < -0.39 is 0 Å². The predicted molar refractivity (Wildman–Crippen MR) is 74.4 cm³/mol. The van der Waals surface area contributed by atoms with Gasteiger partial charge in [-0.2, -0.15) is 5.26 Å². The zero-order chi connectivity index (χ0) is 13.7. The van der Waals surface area contributed by atoms with Gasteiger partial charge in [0.05, 0.1) is 12.0 Å².